The van der Waals surface area contributed by atoms with E-state index >= 15 is 0 Å². The summed E-state index contributed by atoms with van der Waals surface area (Å²) < 4.78 is 25.2. The molecular formula is C13H24N4O2S2. The van der Waals surface area contributed by atoms with Gasteiger partial charge in [-0.05, 0) is 43.2 Å². The van der Waals surface area contributed by atoms with Crippen LogP contribution in [-0.2, 0) is 16.6 Å². The Kier molecular flexibility index (Phi) is 6.63. The van der Waals surface area contributed by atoms with Gasteiger partial charge in [0.2, 0.25) is 10.0 Å². The van der Waals surface area contributed by atoms with Gasteiger partial charge in [0.25, 0.3) is 0 Å². The largest absolute Gasteiger partial charge is 0.357 e. The molecular weight excluding hydrogens is 308 g/mol. The number of guanidine groups is 1. The summed E-state index contributed by atoms with van der Waals surface area (Å²) in [5.41, 5.74) is 0.567. The minimum absolute atomic E-state index is 0.440. The van der Waals surface area contributed by atoms with Crippen molar-refractivity contribution in [3.8, 4) is 0 Å². The monoisotopic (exact) mass is 332 g/mol. The number of rotatable bonds is 7. The van der Waals surface area contributed by atoms with Crippen molar-refractivity contribution in [2.24, 2.45) is 4.99 Å². The van der Waals surface area contributed by atoms with Crippen LogP contribution in [0.3, 0.4) is 0 Å². The molecule has 0 aromatic carbocycles. The number of hydrogen-bond acceptors (Lipinski definition) is 4. The highest BCUT2D eigenvalue weighted by molar-refractivity contribution is 7.88. The number of sulfonamides is 1. The SMILES string of the molecule is CCNC(=NCc1ccsc1)NCC(C)(C)NS(C)(=O)=O. The van der Waals surface area contributed by atoms with Crippen LogP contribution in [0.5, 0.6) is 0 Å². The lowest BCUT2D eigenvalue weighted by atomic mass is 10.1. The second-order valence-corrected chi connectivity index (χ2v) is 7.97. The number of aliphatic imine (C=N–C) groups is 1. The topological polar surface area (TPSA) is 82.6 Å². The average Bonchev–Trinajstić information content (AvgIpc) is 2.83. The van der Waals surface area contributed by atoms with Gasteiger partial charge in [0.15, 0.2) is 5.96 Å². The molecule has 0 radical (unpaired) electrons. The highest BCUT2D eigenvalue weighted by atomic mass is 32.2. The van der Waals surface area contributed by atoms with Gasteiger partial charge in [-0.3, -0.25) is 0 Å². The smallest absolute Gasteiger partial charge is 0.209 e. The van der Waals surface area contributed by atoms with E-state index in [0.29, 0.717) is 19.0 Å². The second kappa shape index (κ2) is 7.77. The molecule has 1 aromatic heterocycles. The van der Waals surface area contributed by atoms with Crippen molar-refractivity contribution in [2.45, 2.75) is 32.9 Å². The first-order valence-electron chi connectivity index (χ1n) is 6.74. The summed E-state index contributed by atoms with van der Waals surface area (Å²) in [6, 6.07) is 2.03. The van der Waals surface area contributed by atoms with Crippen molar-refractivity contribution in [1.82, 2.24) is 15.4 Å². The summed E-state index contributed by atoms with van der Waals surface area (Å²) in [6.45, 7) is 7.42. The minimum Gasteiger partial charge on any atom is -0.357 e. The fourth-order valence-electron chi connectivity index (χ4n) is 1.74. The normalized spacial score (nSPS) is 13.2. The minimum atomic E-state index is -3.24. The van der Waals surface area contributed by atoms with Gasteiger partial charge in [0.05, 0.1) is 12.8 Å². The van der Waals surface area contributed by atoms with Crippen LogP contribution in [0.4, 0.5) is 0 Å². The fraction of sp³-hybridized carbons (Fsp3) is 0.615. The summed E-state index contributed by atoms with van der Waals surface area (Å²) in [4.78, 5) is 4.48. The van der Waals surface area contributed by atoms with Crippen LogP contribution in [0.2, 0.25) is 0 Å². The maximum Gasteiger partial charge on any atom is 0.209 e. The lowest BCUT2D eigenvalue weighted by molar-refractivity contribution is 0.446. The molecule has 6 nitrogen and oxygen atoms in total. The van der Waals surface area contributed by atoms with Crippen molar-refractivity contribution in [2.75, 3.05) is 19.3 Å². The molecule has 0 spiro atoms. The van der Waals surface area contributed by atoms with Gasteiger partial charge >= 0.3 is 0 Å². The predicted octanol–water partition coefficient (Wildman–Crippen LogP) is 1.13. The van der Waals surface area contributed by atoms with Crippen LogP contribution < -0.4 is 15.4 Å². The molecule has 8 heteroatoms. The van der Waals surface area contributed by atoms with Crippen molar-refractivity contribution >= 4 is 27.3 Å². The maximum absolute atomic E-state index is 11.3. The van der Waals surface area contributed by atoms with E-state index in [-0.39, 0.29) is 0 Å². The van der Waals surface area contributed by atoms with E-state index in [1.54, 1.807) is 11.3 Å². The van der Waals surface area contributed by atoms with Crippen LogP contribution in [-0.4, -0.2) is 39.3 Å². The summed E-state index contributed by atoms with van der Waals surface area (Å²) in [7, 11) is -3.24. The van der Waals surface area contributed by atoms with E-state index in [1.165, 1.54) is 0 Å². The molecule has 1 aromatic rings. The van der Waals surface area contributed by atoms with Gasteiger partial charge < -0.3 is 10.6 Å². The Labute approximate surface area is 131 Å². The molecule has 1 rings (SSSR count). The van der Waals surface area contributed by atoms with E-state index in [0.717, 1.165) is 18.4 Å². The Bertz CT molecular complexity index is 551. The number of hydrogen-bond donors (Lipinski definition) is 3. The average molecular weight is 332 g/mol. The number of thiophene rings is 1. The van der Waals surface area contributed by atoms with Gasteiger partial charge in [-0.25, -0.2) is 18.1 Å². The highest BCUT2D eigenvalue weighted by Crippen LogP contribution is 2.07. The predicted molar refractivity (Wildman–Crippen MR) is 89.2 cm³/mol. The van der Waals surface area contributed by atoms with Gasteiger partial charge in [0, 0.05) is 18.6 Å². The third-order valence-electron chi connectivity index (χ3n) is 2.50. The first-order valence-corrected chi connectivity index (χ1v) is 9.57. The summed E-state index contributed by atoms with van der Waals surface area (Å²) >= 11 is 1.64. The summed E-state index contributed by atoms with van der Waals surface area (Å²) in [6.07, 6.45) is 1.16. The second-order valence-electron chi connectivity index (χ2n) is 5.44. The first kappa shape index (κ1) is 17.9. The molecule has 3 N–H and O–H groups in total. The van der Waals surface area contributed by atoms with E-state index in [9.17, 15) is 8.42 Å². The maximum atomic E-state index is 11.3. The van der Waals surface area contributed by atoms with Gasteiger partial charge in [-0.15, -0.1) is 0 Å². The van der Waals surface area contributed by atoms with Gasteiger partial charge in [0.1, 0.15) is 0 Å². The molecule has 0 bridgehead atoms. The van der Waals surface area contributed by atoms with E-state index in [1.807, 2.05) is 32.2 Å². The van der Waals surface area contributed by atoms with Gasteiger partial charge in [-0.1, -0.05) is 0 Å². The Balaban J connectivity index is 2.59. The third kappa shape index (κ3) is 8.03. The summed E-state index contributed by atoms with van der Waals surface area (Å²) in [5.74, 6) is 0.673. The molecule has 0 atom stereocenters. The Morgan fingerprint density at radius 3 is 2.62 bits per heavy atom. The zero-order valence-electron chi connectivity index (χ0n) is 12.9. The molecule has 0 saturated carbocycles. The van der Waals surface area contributed by atoms with Crippen LogP contribution in [0.25, 0.3) is 0 Å². The van der Waals surface area contributed by atoms with Crippen LogP contribution in [0, 0.1) is 0 Å². The molecule has 0 unspecified atom stereocenters. The van der Waals surface area contributed by atoms with Gasteiger partial charge in [-0.2, -0.15) is 11.3 Å². The molecule has 0 amide bonds. The van der Waals surface area contributed by atoms with Crippen LogP contribution in [0.15, 0.2) is 21.8 Å². The quantitative estimate of drug-likeness (QED) is 0.516. The Hall–Kier alpha value is -1.12. The Morgan fingerprint density at radius 1 is 1.38 bits per heavy atom. The van der Waals surface area contributed by atoms with Crippen molar-refractivity contribution in [3.63, 3.8) is 0 Å². The number of nitrogens with zero attached hydrogens (tertiary/aromatic N) is 1. The molecule has 0 aliphatic rings. The molecule has 0 fully saturated rings. The molecule has 0 saturated heterocycles. The van der Waals surface area contributed by atoms with Crippen molar-refractivity contribution in [1.29, 1.82) is 0 Å². The molecule has 0 aliphatic carbocycles. The van der Waals surface area contributed by atoms with E-state index < -0.39 is 15.6 Å². The zero-order chi connectivity index (χ0) is 15.9. The molecule has 1 heterocycles. The van der Waals surface area contributed by atoms with E-state index in [2.05, 4.69) is 25.7 Å². The lowest BCUT2D eigenvalue weighted by Crippen LogP contribution is -2.53. The lowest BCUT2D eigenvalue weighted by Gasteiger charge is -2.26. The molecule has 120 valence electrons. The van der Waals surface area contributed by atoms with Crippen molar-refractivity contribution in [3.05, 3.63) is 22.4 Å². The standard InChI is InChI=1S/C13H24N4O2S2/c1-5-14-12(15-8-11-6-7-20-9-11)16-10-13(2,3)17-21(4,18)19/h6-7,9,17H,5,8,10H2,1-4H3,(H2,14,15,16). The number of nitrogens with one attached hydrogen (secondary N) is 3. The fourth-order valence-corrected chi connectivity index (χ4v) is 3.47. The zero-order valence-corrected chi connectivity index (χ0v) is 14.6. The molecule has 0 aliphatic heterocycles. The van der Waals surface area contributed by atoms with Crippen LogP contribution >= 0.6 is 11.3 Å². The summed E-state index contributed by atoms with van der Waals surface area (Å²) in [5, 5.41) is 10.4. The highest BCUT2D eigenvalue weighted by Gasteiger charge is 2.22. The Morgan fingerprint density at radius 2 is 2.10 bits per heavy atom. The first-order chi connectivity index (χ1) is 9.72. The van der Waals surface area contributed by atoms with Crippen molar-refractivity contribution < 1.29 is 8.42 Å². The third-order valence-corrected chi connectivity index (χ3v) is 4.16. The van der Waals surface area contributed by atoms with Crippen LogP contribution in [0.1, 0.15) is 26.3 Å². The molecule has 21 heavy (non-hydrogen) atoms. The van der Waals surface area contributed by atoms with E-state index in [4.69, 9.17) is 0 Å².